The third-order valence-electron chi connectivity index (χ3n) is 4.46. The molecule has 3 heterocycles. The predicted molar refractivity (Wildman–Crippen MR) is 105 cm³/mol. The van der Waals surface area contributed by atoms with Gasteiger partial charge in [-0.25, -0.2) is 4.98 Å². The van der Waals surface area contributed by atoms with Crippen molar-refractivity contribution >= 4 is 40.0 Å². The molecule has 1 N–H and O–H groups in total. The van der Waals surface area contributed by atoms with Gasteiger partial charge in [0.1, 0.15) is 5.82 Å². The molecule has 2 aromatic heterocycles. The molecule has 1 saturated heterocycles. The Morgan fingerprint density at radius 1 is 1.23 bits per heavy atom. The summed E-state index contributed by atoms with van der Waals surface area (Å²) >= 11 is 3.19. The van der Waals surface area contributed by atoms with E-state index in [2.05, 4.69) is 25.4 Å². The Morgan fingerprint density at radius 2 is 2.08 bits per heavy atom. The predicted octanol–water partition coefficient (Wildman–Crippen LogP) is 2.34. The Kier molecular flexibility index (Phi) is 5.54. The van der Waals surface area contributed by atoms with Gasteiger partial charge in [0.15, 0.2) is 4.34 Å². The van der Waals surface area contributed by atoms with Crippen LogP contribution in [0.15, 0.2) is 28.7 Å². The van der Waals surface area contributed by atoms with E-state index in [1.54, 1.807) is 23.1 Å². The minimum Gasteiger partial charge on any atom is -0.357 e. The van der Waals surface area contributed by atoms with Crippen molar-refractivity contribution in [1.82, 2.24) is 20.1 Å². The van der Waals surface area contributed by atoms with E-state index in [0.29, 0.717) is 12.5 Å². The SMILES string of the molecule is O=C(CCSc1nnc(NC2CC2)s1)N1CCN(c2ccccn2)CC1. The van der Waals surface area contributed by atoms with Gasteiger partial charge in [0, 0.05) is 50.6 Å². The van der Waals surface area contributed by atoms with Crippen LogP contribution in [0.3, 0.4) is 0 Å². The van der Waals surface area contributed by atoms with Crippen LogP contribution in [-0.4, -0.2) is 64.0 Å². The largest absolute Gasteiger partial charge is 0.357 e. The topological polar surface area (TPSA) is 74.2 Å². The first-order chi connectivity index (χ1) is 12.8. The lowest BCUT2D eigenvalue weighted by atomic mass is 10.3. The summed E-state index contributed by atoms with van der Waals surface area (Å²) < 4.78 is 0.931. The van der Waals surface area contributed by atoms with Gasteiger partial charge in [-0.15, -0.1) is 10.2 Å². The lowest BCUT2D eigenvalue weighted by Gasteiger charge is -2.35. The normalized spacial score (nSPS) is 17.4. The van der Waals surface area contributed by atoms with Gasteiger partial charge in [-0.1, -0.05) is 29.2 Å². The number of amides is 1. The van der Waals surface area contributed by atoms with Crippen LogP contribution in [0.25, 0.3) is 0 Å². The number of carbonyl (C=O) groups excluding carboxylic acids is 1. The van der Waals surface area contributed by atoms with E-state index in [-0.39, 0.29) is 5.91 Å². The van der Waals surface area contributed by atoms with Crippen molar-refractivity contribution in [3.8, 4) is 0 Å². The fourth-order valence-electron chi connectivity index (χ4n) is 2.84. The quantitative estimate of drug-likeness (QED) is 0.727. The average Bonchev–Trinajstić information content (AvgIpc) is 3.39. The second-order valence-corrected chi connectivity index (χ2v) is 8.77. The molecular weight excluding hydrogens is 368 g/mol. The monoisotopic (exact) mass is 390 g/mol. The Morgan fingerprint density at radius 3 is 2.81 bits per heavy atom. The Hall–Kier alpha value is -1.87. The number of aromatic nitrogens is 3. The summed E-state index contributed by atoms with van der Waals surface area (Å²) in [6.45, 7) is 3.19. The molecule has 1 amide bonds. The van der Waals surface area contributed by atoms with Crippen LogP contribution in [0.5, 0.6) is 0 Å². The number of carbonyl (C=O) groups is 1. The van der Waals surface area contributed by atoms with Crippen molar-refractivity contribution in [2.45, 2.75) is 29.6 Å². The van der Waals surface area contributed by atoms with Crippen molar-refractivity contribution in [2.24, 2.45) is 0 Å². The molecule has 0 bridgehead atoms. The smallest absolute Gasteiger partial charge is 0.223 e. The molecule has 2 aliphatic rings. The number of hydrogen-bond donors (Lipinski definition) is 1. The highest BCUT2D eigenvalue weighted by atomic mass is 32.2. The van der Waals surface area contributed by atoms with Crippen LogP contribution in [0.1, 0.15) is 19.3 Å². The van der Waals surface area contributed by atoms with Gasteiger partial charge in [0.2, 0.25) is 11.0 Å². The highest BCUT2D eigenvalue weighted by molar-refractivity contribution is 8.01. The van der Waals surface area contributed by atoms with Gasteiger partial charge >= 0.3 is 0 Å². The van der Waals surface area contributed by atoms with E-state index in [0.717, 1.165) is 47.2 Å². The van der Waals surface area contributed by atoms with Crippen LogP contribution < -0.4 is 10.2 Å². The van der Waals surface area contributed by atoms with E-state index in [4.69, 9.17) is 0 Å². The first-order valence-corrected chi connectivity index (χ1v) is 10.7. The number of nitrogens with zero attached hydrogens (tertiary/aromatic N) is 5. The molecule has 0 unspecified atom stereocenters. The molecule has 7 nitrogen and oxygen atoms in total. The van der Waals surface area contributed by atoms with Crippen molar-refractivity contribution < 1.29 is 4.79 Å². The number of anilines is 2. The molecule has 2 fully saturated rings. The van der Waals surface area contributed by atoms with E-state index in [1.807, 2.05) is 29.3 Å². The zero-order valence-electron chi connectivity index (χ0n) is 14.5. The Labute approximate surface area is 161 Å². The lowest BCUT2D eigenvalue weighted by molar-refractivity contribution is -0.131. The van der Waals surface area contributed by atoms with Crippen LogP contribution >= 0.6 is 23.1 Å². The number of thioether (sulfide) groups is 1. The molecule has 26 heavy (non-hydrogen) atoms. The van der Waals surface area contributed by atoms with Crippen molar-refractivity contribution in [2.75, 3.05) is 42.1 Å². The highest BCUT2D eigenvalue weighted by Gasteiger charge is 2.23. The third-order valence-corrected chi connectivity index (χ3v) is 6.45. The second kappa shape index (κ2) is 8.22. The van der Waals surface area contributed by atoms with E-state index in [1.165, 1.54) is 12.8 Å². The number of rotatable bonds is 7. The Bertz CT molecular complexity index is 728. The molecule has 0 atom stereocenters. The summed E-state index contributed by atoms with van der Waals surface area (Å²) in [6.07, 6.45) is 4.80. The van der Waals surface area contributed by atoms with E-state index < -0.39 is 0 Å². The van der Waals surface area contributed by atoms with Crippen LogP contribution in [-0.2, 0) is 4.79 Å². The number of nitrogens with one attached hydrogen (secondary N) is 1. The molecule has 0 aromatic carbocycles. The molecule has 0 spiro atoms. The first-order valence-electron chi connectivity index (χ1n) is 8.94. The van der Waals surface area contributed by atoms with Crippen molar-refractivity contribution in [3.05, 3.63) is 24.4 Å². The maximum atomic E-state index is 12.4. The zero-order valence-corrected chi connectivity index (χ0v) is 16.1. The summed E-state index contributed by atoms with van der Waals surface area (Å²) in [5.41, 5.74) is 0. The number of pyridine rings is 1. The minimum absolute atomic E-state index is 0.221. The summed E-state index contributed by atoms with van der Waals surface area (Å²) in [5.74, 6) is 1.96. The molecule has 1 aliphatic carbocycles. The van der Waals surface area contributed by atoms with Gasteiger partial charge in [0.25, 0.3) is 0 Å². The number of hydrogen-bond acceptors (Lipinski definition) is 8. The van der Waals surface area contributed by atoms with Gasteiger partial charge in [-0.2, -0.15) is 0 Å². The molecule has 1 aliphatic heterocycles. The number of piperazine rings is 1. The molecular formula is C17H22N6OS2. The maximum Gasteiger partial charge on any atom is 0.223 e. The maximum absolute atomic E-state index is 12.4. The summed E-state index contributed by atoms with van der Waals surface area (Å²) in [4.78, 5) is 21.0. The van der Waals surface area contributed by atoms with Crippen molar-refractivity contribution in [1.29, 1.82) is 0 Å². The van der Waals surface area contributed by atoms with Gasteiger partial charge in [-0.3, -0.25) is 4.79 Å². The van der Waals surface area contributed by atoms with Gasteiger partial charge in [0.05, 0.1) is 0 Å². The highest BCUT2D eigenvalue weighted by Crippen LogP contribution is 2.30. The summed E-state index contributed by atoms with van der Waals surface area (Å²) in [6, 6.07) is 6.52. The second-order valence-electron chi connectivity index (χ2n) is 6.45. The van der Waals surface area contributed by atoms with Crippen molar-refractivity contribution in [3.63, 3.8) is 0 Å². The fraction of sp³-hybridized carbons (Fsp3) is 0.529. The van der Waals surface area contributed by atoms with E-state index >= 15 is 0 Å². The van der Waals surface area contributed by atoms with Crippen LogP contribution in [0.2, 0.25) is 0 Å². The van der Waals surface area contributed by atoms with Gasteiger partial charge in [-0.05, 0) is 25.0 Å². The first kappa shape index (κ1) is 17.5. The van der Waals surface area contributed by atoms with E-state index in [9.17, 15) is 4.79 Å². The summed E-state index contributed by atoms with van der Waals surface area (Å²) in [5, 5.41) is 12.6. The molecule has 2 aromatic rings. The summed E-state index contributed by atoms with van der Waals surface area (Å²) in [7, 11) is 0. The van der Waals surface area contributed by atoms with Crippen LogP contribution in [0.4, 0.5) is 10.9 Å². The lowest BCUT2D eigenvalue weighted by Crippen LogP contribution is -2.49. The fourth-order valence-corrected chi connectivity index (χ4v) is 4.66. The van der Waals surface area contributed by atoms with Gasteiger partial charge < -0.3 is 15.1 Å². The molecule has 4 rings (SSSR count). The average molecular weight is 391 g/mol. The van der Waals surface area contributed by atoms with Crippen LogP contribution in [0, 0.1) is 0 Å². The molecule has 0 radical (unpaired) electrons. The molecule has 9 heteroatoms. The standard InChI is InChI=1S/C17H22N6OS2/c24-15(6-12-25-17-21-20-16(26-17)19-13-4-5-13)23-10-8-22(9-11-23)14-3-1-2-7-18-14/h1-3,7,13H,4-6,8-12H2,(H,19,20). The molecule has 138 valence electrons. The minimum atomic E-state index is 0.221. The Balaban J connectivity index is 1.18. The third kappa shape index (κ3) is 4.64. The molecule has 1 saturated carbocycles. The zero-order chi connectivity index (χ0) is 17.8.